The third-order valence-corrected chi connectivity index (χ3v) is 6.40. The summed E-state index contributed by atoms with van der Waals surface area (Å²) in [5.74, 6) is 0.134. The zero-order valence-electron chi connectivity index (χ0n) is 18.2. The minimum Gasteiger partial charge on any atom is -0.381 e. The van der Waals surface area contributed by atoms with Gasteiger partial charge in [-0.2, -0.15) is 5.10 Å². The van der Waals surface area contributed by atoms with Gasteiger partial charge in [0.05, 0.1) is 11.8 Å². The molecular weight excluding hydrogens is 406 g/mol. The number of hydrogen-bond donors (Lipinski definition) is 1. The molecule has 4 heterocycles. The number of amides is 3. The number of ether oxygens (including phenoxy) is 1. The molecule has 0 saturated carbocycles. The Bertz CT molecular complexity index is 1020. The van der Waals surface area contributed by atoms with E-state index in [1.807, 2.05) is 43.5 Å². The van der Waals surface area contributed by atoms with Gasteiger partial charge in [-0.1, -0.05) is 19.1 Å². The maximum absolute atomic E-state index is 12.7. The van der Waals surface area contributed by atoms with Gasteiger partial charge in [-0.05, 0) is 47.7 Å². The largest absolute Gasteiger partial charge is 0.381 e. The lowest BCUT2D eigenvalue weighted by atomic mass is 9.93. The molecule has 1 fully saturated rings. The van der Waals surface area contributed by atoms with Gasteiger partial charge in [0.15, 0.2) is 0 Å². The second kappa shape index (κ2) is 8.70. The molecule has 0 spiro atoms. The van der Waals surface area contributed by atoms with Crippen LogP contribution in [0.1, 0.15) is 42.9 Å². The van der Waals surface area contributed by atoms with E-state index in [0.29, 0.717) is 32.7 Å². The minimum absolute atomic E-state index is 0.0516. The summed E-state index contributed by atoms with van der Waals surface area (Å²) in [5.41, 5.74) is 4.84. The van der Waals surface area contributed by atoms with Crippen LogP contribution in [0.15, 0.2) is 47.8 Å². The zero-order chi connectivity index (χ0) is 22.1. The van der Waals surface area contributed by atoms with Crippen LogP contribution in [0.4, 0.5) is 10.5 Å². The van der Waals surface area contributed by atoms with Crippen molar-refractivity contribution in [3.63, 3.8) is 0 Å². The Kier molecular flexibility index (Phi) is 5.61. The van der Waals surface area contributed by atoms with Crippen LogP contribution in [-0.2, 0) is 22.6 Å². The van der Waals surface area contributed by atoms with E-state index < -0.39 is 0 Å². The summed E-state index contributed by atoms with van der Waals surface area (Å²) in [7, 11) is 0. The zero-order valence-corrected chi connectivity index (χ0v) is 18.2. The summed E-state index contributed by atoms with van der Waals surface area (Å²) in [4.78, 5) is 31.2. The molecule has 0 radical (unpaired) electrons. The molecule has 3 aliphatic heterocycles. The molecule has 8 heteroatoms. The van der Waals surface area contributed by atoms with Crippen molar-refractivity contribution in [1.29, 1.82) is 0 Å². The second-order valence-corrected chi connectivity index (χ2v) is 8.68. The molecule has 0 bridgehead atoms. The number of rotatable bonds is 3. The third-order valence-electron chi connectivity index (χ3n) is 6.40. The first kappa shape index (κ1) is 20.6. The van der Waals surface area contributed by atoms with Crippen LogP contribution in [0, 0.1) is 5.92 Å². The minimum atomic E-state index is -0.131. The van der Waals surface area contributed by atoms with Crippen molar-refractivity contribution in [2.24, 2.45) is 11.0 Å². The SMILES string of the molecule is C[C@@H]1CC(=O)N(C2CCOCC2)N=C1c1ccc(NC(=O)N2Cc3ccncc3C2)cc1. The van der Waals surface area contributed by atoms with Gasteiger partial charge in [0, 0.05) is 56.7 Å². The molecule has 1 aromatic carbocycles. The van der Waals surface area contributed by atoms with E-state index in [0.717, 1.165) is 40.9 Å². The monoisotopic (exact) mass is 433 g/mol. The molecule has 166 valence electrons. The predicted molar refractivity (Wildman–Crippen MR) is 120 cm³/mol. The Morgan fingerprint density at radius 3 is 2.59 bits per heavy atom. The summed E-state index contributed by atoms with van der Waals surface area (Å²) in [6.45, 7) is 4.53. The quantitative estimate of drug-likeness (QED) is 0.804. The molecule has 8 nitrogen and oxygen atoms in total. The van der Waals surface area contributed by atoms with Crippen LogP contribution in [0.25, 0.3) is 0 Å². The summed E-state index contributed by atoms with van der Waals surface area (Å²) < 4.78 is 5.43. The lowest BCUT2D eigenvalue weighted by Gasteiger charge is -2.35. The Balaban J connectivity index is 1.27. The number of hydrogen-bond acceptors (Lipinski definition) is 5. The number of pyridine rings is 1. The van der Waals surface area contributed by atoms with Crippen LogP contribution in [0.3, 0.4) is 0 Å². The fourth-order valence-electron chi connectivity index (χ4n) is 4.57. The predicted octanol–water partition coefficient (Wildman–Crippen LogP) is 3.38. The van der Waals surface area contributed by atoms with Gasteiger partial charge >= 0.3 is 6.03 Å². The maximum Gasteiger partial charge on any atom is 0.322 e. The lowest BCUT2D eigenvalue weighted by Crippen LogP contribution is -2.44. The molecule has 2 aromatic rings. The van der Waals surface area contributed by atoms with Crippen molar-refractivity contribution in [2.75, 3.05) is 18.5 Å². The van der Waals surface area contributed by atoms with Gasteiger partial charge in [-0.15, -0.1) is 0 Å². The average molecular weight is 434 g/mol. The number of aromatic nitrogens is 1. The lowest BCUT2D eigenvalue weighted by molar-refractivity contribution is -0.136. The van der Waals surface area contributed by atoms with Gasteiger partial charge in [-0.25, -0.2) is 9.80 Å². The number of benzene rings is 1. The van der Waals surface area contributed by atoms with Crippen LogP contribution in [-0.4, -0.2) is 51.8 Å². The first-order valence-corrected chi connectivity index (χ1v) is 11.1. The van der Waals surface area contributed by atoms with Gasteiger partial charge < -0.3 is 15.0 Å². The van der Waals surface area contributed by atoms with Crippen molar-refractivity contribution in [3.05, 3.63) is 59.4 Å². The highest BCUT2D eigenvalue weighted by atomic mass is 16.5. The van der Waals surface area contributed by atoms with Crippen molar-refractivity contribution < 1.29 is 14.3 Å². The molecule has 3 aliphatic rings. The molecule has 1 saturated heterocycles. The van der Waals surface area contributed by atoms with Crippen LogP contribution in [0.5, 0.6) is 0 Å². The molecule has 0 aliphatic carbocycles. The number of urea groups is 1. The fourth-order valence-corrected chi connectivity index (χ4v) is 4.57. The number of hydrazone groups is 1. The molecular formula is C24H27N5O3. The Morgan fingerprint density at radius 2 is 1.84 bits per heavy atom. The molecule has 5 rings (SSSR count). The second-order valence-electron chi connectivity index (χ2n) is 8.68. The van der Waals surface area contributed by atoms with E-state index in [1.165, 1.54) is 0 Å². The van der Waals surface area contributed by atoms with E-state index in [1.54, 1.807) is 16.1 Å². The summed E-state index contributed by atoms with van der Waals surface area (Å²) >= 11 is 0. The highest BCUT2D eigenvalue weighted by molar-refractivity contribution is 6.06. The van der Waals surface area contributed by atoms with Crippen LogP contribution in [0.2, 0.25) is 0 Å². The van der Waals surface area contributed by atoms with Crippen molar-refractivity contribution in [1.82, 2.24) is 14.9 Å². The van der Waals surface area contributed by atoms with Crippen molar-refractivity contribution in [2.45, 2.75) is 45.3 Å². The van der Waals surface area contributed by atoms with Gasteiger partial charge in [-0.3, -0.25) is 9.78 Å². The number of carbonyl (C=O) groups is 2. The normalized spacial score (nSPS) is 21.3. The number of nitrogens with zero attached hydrogens (tertiary/aromatic N) is 4. The Hall–Kier alpha value is -3.26. The number of carbonyl (C=O) groups excluding carboxylic acids is 2. The highest BCUT2D eigenvalue weighted by Crippen LogP contribution is 2.27. The van der Waals surface area contributed by atoms with Gasteiger partial charge in [0.25, 0.3) is 0 Å². The van der Waals surface area contributed by atoms with E-state index >= 15 is 0 Å². The smallest absolute Gasteiger partial charge is 0.322 e. The summed E-state index contributed by atoms with van der Waals surface area (Å²) in [6, 6.07) is 9.64. The van der Waals surface area contributed by atoms with E-state index in [4.69, 9.17) is 9.84 Å². The first-order valence-electron chi connectivity index (χ1n) is 11.1. The van der Waals surface area contributed by atoms with Crippen LogP contribution >= 0.6 is 0 Å². The summed E-state index contributed by atoms with van der Waals surface area (Å²) in [5, 5.41) is 9.41. The Morgan fingerprint density at radius 1 is 1.09 bits per heavy atom. The summed E-state index contributed by atoms with van der Waals surface area (Å²) in [6.07, 6.45) is 5.66. The fraction of sp³-hybridized carbons (Fsp3) is 0.417. The van der Waals surface area contributed by atoms with Crippen LogP contribution < -0.4 is 5.32 Å². The van der Waals surface area contributed by atoms with E-state index in [2.05, 4.69) is 10.3 Å². The number of nitrogens with one attached hydrogen (secondary N) is 1. The van der Waals surface area contributed by atoms with E-state index in [-0.39, 0.29) is 23.9 Å². The van der Waals surface area contributed by atoms with Gasteiger partial charge in [0.1, 0.15) is 0 Å². The maximum atomic E-state index is 12.7. The molecule has 1 aromatic heterocycles. The Labute approximate surface area is 187 Å². The molecule has 3 amide bonds. The van der Waals surface area contributed by atoms with E-state index in [9.17, 15) is 9.59 Å². The average Bonchev–Trinajstić information content (AvgIpc) is 3.25. The third kappa shape index (κ3) is 4.10. The van der Waals surface area contributed by atoms with Crippen molar-refractivity contribution >= 4 is 23.3 Å². The topological polar surface area (TPSA) is 87.1 Å². The number of anilines is 1. The highest BCUT2D eigenvalue weighted by Gasteiger charge is 2.33. The first-order chi connectivity index (χ1) is 15.6. The molecule has 0 unspecified atom stereocenters. The van der Waals surface area contributed by atoms with Crippen molar-refractivity contribution in [3.8, 4) is 0 Å². The molecule has 32 heavy (non-hydrogen) atoms. The van der Waals surface area contributed by atoms with Gasteiger partial charge in [0.2, 0.25) is 5.91 Å². The molecule has 1 atom stereocenters. The standard InChI is InChI=1S/C24H27N5O3/c1-16-12-22(30)29(21-7-10-32-11-8-21)27-23(16)17-2-4-20(5-3-17)26-24(31)28-14-18-6-9-25-13-19(18)15-28/h2-6,9,13,16,21H,7-8,10-12,14-15H2,1H3,(H,26,31)/t16-/m1/s1. The number of fused-ring (bicyclic) bond motifs is 1. The molecule has 1 N–H and O–H groups in total.